The number of carboxylic acids is 1. The predicted molar refractivity (Wildman–Crippen MR) is 42.8 cm³/mol. The highest BCUT2D eigenvalue weighted by molar-refractivity contribution is 9.10. The second-order valence-electron chi connectivity index (χ2n) is 2.24. The lowest BCUT2D eigenvalue weighted by atomic mass is 10.6. The van der Waals surface area contributed by atoms with E-state index < -0.39 is 5.97 Å². The smallest absolute Gasteiger partial charge is 0.252 e. The third-order valence-corrected chi connectivity index (χ3v) is 1.75. The first-order valence-corrected chi connectivity index (χ1v) is 4.05. The number of nitrogens with zero attached hydrogens (tertiary/aromatic N) is 4. The zero-order chi connectivity index (χ0) is 9.42. The van der Waals surface area contributed by atoms with E-state index in [1.165, 1.54) is 10.7 Å². The Labute approximate surface area is 80.4 Å². The maximum absolute atomic E-state index is 10.4. The normalized spacial score (nSPS) is 10.5. The lowest BCUT2D eigenvalue weighted by molar-refractivity contribution is -0.256. The number of hydrogen-bond donors (Lipinski definition) is 0. The summed E-state index contributed by atoms with van der Waals surface area (Å²) >= 11 is 3.16. The molecule has 0 amide bonds. The van der Waals surface area contributed by atoms with Crippen molar-refractivity contribution in [1.82, 2.24) is 19.6 Å². The number of hydrogen-bond acceptors (Lipinski definition) is 5. The molecule has 6 nitrogen and oxygen atoms in total. The van der Waals surface area contributed by atoms with Crippen LogP contribution in [0.2, 0.25) is 0 Å². The van der Waals surface area contributed by atoms with Crippen molar-refractivity contribution in [3.63, 3.8) is 0 Å². The number of carbonyl (C=O) groups is 1. The monoisotopic (exact) mass is 241 g/mol. The minimum absolute atomic E-state index is 0.224. The minimum atomic E-state index is -1.42. The van der Waals surface area contributed by atoms with Gasteiger partial charge in [-0.05, 0) is 15.9 Å². The summed E-state index contributed by atoms with van der Waals surface area (Å²) in [5.74, 6) is -1.56. The van der Waals surface area contributed by atoms with Crippen LogP contribution in [0.15, 0.2) is 16.9 Å². The zero-order valence-corrected chi connectivity index (χ0v) is 7.72. The van der Waals surface area contributed by atoms with Crippen molar-refractivity contribution < 1.29 is 9.90 Å². The average Bonchev–Trinajstić information content (AvgIpc) is 2.46. The lowest BCUT2D eigenvalue weighted by Gasteiger charge is -1.90. The van der Waals surface area contributed by atoms with Crippen molar-refractivity contribution in [2.45, 2.75) is 0 Å². The quantitative estimate of drug-likeness (QED) is 0.656. The fourth-order valence-corrected chi connectivity index (χ4v) is 1.14. The Morgan fingerprint density at radius 2 is 2.38 bits per heavy atom. The molecule has 0 saturated carbocycles. The maximum atomic E-state index is 10.4. The van der Waals surface area contributed by atoms with Gasteiger partial charge in [0.2, 0.25) is 0 Å². The number of carbonyl (C=O) groups excluding carboxylic acids is 1. The molecule has 0 aliphatic heterocycles. The Bertz CT molecular complexity index is 480. The van der Waals surface area contributed by atoms with Gasteiger partial charge in [-0.15, -0.1) is 5.10 Å². The fourth-order valence-electron chi connectivity index (χ4n) is 0.846. The number of halogens is 1. The Balaban J connectivity index is 2.68. The largest absolute Gasteiger partial charge is 0.541 e. The molecule has 0 spiro atoms. The summed E-state index contributed by atoms with van der Waals surface area (Å²) in [4.78, 5) is 17.8. The number of aromatic carboxylic acids is 1. The van der Waals surface area contributed by atoms with Gasteiger partial charge in [-0.25, -0.2) is 9.50 Å². The van der Waals surface area contributed by atoms with Gasteiger partial charge in [0.15, 0.2) is 5.82 Å². The van der Waals surface area contributed by atoms with Gasteiger partial charge in [-0.1, -0.05) is 0 Å². The number of rotatable bonds is 1. The first-order valence-electron chi connectivity index (χ1n) is 3.26. The summed E-state index contributed by atoms with van der Waals surface area (Å²) in [6, 6.07) is 0. The van der Waals surface area contributed by atoms with Gasteiger partial charge < -0.3 is 9.90 Å². The van der Waals surface area contributed by atoms with E-state index in [-0.39, 0.29) is 11.6 Å². The molecule has 2 aromatic rings. The van der Waals surface area contributed by atoms with Gasteiger partial charge in [0.1, 0.15) is 5.97 Å². The Morgan fingerprint density at radius 3 is 3.08 bits per heavy atom. The molecule has 2 rings (SSSR count). The van der Waals surface area contributed by atoms with Gasteiger partial charge in [0, 0.05) is 12.4 Å². The van der Waals surface area contributed by atoms with Crippen LogP contribution in [-0.4, -0.2) is 25.6 Å². The zero-order valence-electron chi connectivity index (χ0n) is 6.14. The Hall–Kier alpha value is -1.50. The fraction of sp³-hybridized carbons (Fsp3) is 0. The van der Waals surface area contributed by atoms with E-state index in [4.69, 9.17) is 0 Å². The number of aromatic nitrogens is 4. The van der Waals surface area contributed by atoms with Crippen molar-refractivity contribution >= 4 is 27.7 Å². The second-order valence-corrected chi connectivity index (χ2v) is 3.16. The first kappa shape index (κ1) is 8.11. The molecule has 2 heterocycles. The molecule has 0 bridgehead atoms. The molecule has 0 atom stereocenters. The van der Waals surface area contributed by atoms with Crippen molar-refractivity contribution in [2.24, 2.45) is 0 Å². The topological polar surface area (TPSA) is 83.2 Å². The molecule has 0 aromatic carbocycles. The van der Waals surface area contributed by atoms with Crippen LogP contribution in [0.25, 0.3) is 5.78 Å². The number of carboxylic acid groups (broad SMARTS) is 1. The van der Waals surface area contributed by atoms with E-state index in [9.17, 15) is 9.90 Å². The molecule has 66 valence electrons. The summed E-state index contributed by atoms with van der Waals surface area (Å²) in [6.07, 6.45) is 3.06. The summed E-state index contributed by atoms with van der Waals surface area (Å²) in [7, 11) is 0. The highest BCUT2D eigenvalue weighted by Gasteiger charge is 2.04. The van der Waals surface area contributed by atoms with Gasteiger partial charge >= 0.3 is 0 Å². The van der Waals surface area contributed by atoms with Crippen LogP contribution in [0.4, 0.5) is 0 Å². The highest BCUT2D eigenvalue weighted by atomic mass is 79.9. The molecule has 0 fully saturated rings. The molecule has 0 unspecified atom stereocenters. The molecule has 13 heavy (non-hydrogen) atoms. The van der Waals surface area contributed by atoms with Crippen LogP contribution in [0, 0.1) is 0 Å². The first-order chi connectivity index (χ1) is 6.16. The van der Waals surface area contributed by atoms with Crippen molar-refractivity contribution in [2.75, 3.05) is 0 Å². The van der Waals surface area contributed by atoms with Crippen molar-refractivity contribution in [1.29, 1.82) is 0 Å². The lowest BCUT2D eigenvalue weighted by Crippen LogP contribution is -2.23. The average molecular weight is 242 g/mol. The molecule has 0 aliphatic rings. The Kier molecular flexibility index (Phi) is 1.73. The van der Waals surface area contributed by atoms with Gasteiger partial charge in [-0.3, -0.25) is 0 Å². The molecule has 0 N–H and O–H groups in total. The summed E-state index contributed by atoms with van der Waals surface area (Å²) < 4.78 is 1.95. The van der Waals surface area contributed by atoms with Crippen LogP contribution in [0.3, 0.4) is 0 Å². The standard InChI is InChI=1S/C6H3BrN4O2/c7-3-1-8-6-9-4(5(12)13)10-11(6)2-3/h1-2H,(H,12,13)/p-1. The second kappa shape index (κ2) is 2.77. The van der Waals surface area contributed by atoms with E-state index in [1.807, 2.05) is 0 Å². The van der Waals surface area contributed by atoms with Gasteiger partial charge in [0.05, 0.1) is 4.47 Å². The third-order valence-electron chi connectivity index (χ3n) is 1.34. The van der Waals surface area contributed by atoms with Crippen molar-refractivity contribution in [3.05, 3.63) is 22.7 Å². The van der Waals surface area contributed by atoms with Gasteiger partial charge in [0.25, 0.3) is 5.78 Å². The van der Waals surface area contributed by atoms with E-state index in [2.05, 4.69) is 31.0 Å². The van der Waals surface area contributed by atoms with Gasteiger partial charge in [-0.2, -0.15) is 4.98 Å². The van der Waals surface area contributed by atoms with Crippen LogP contribution < -0.4 is 5.11 Å². The minimum Gasteiger partial charge on any atom is -0.541 e. The molecule has 0 saturated heterocycles. The van der Waals surface area contributed by atoms with E-state index in [1.54, 1.807) is 6.20 Å². The van der Waals surface area contributed by atoms with E-state index in [0.717, 1.165) is 0 Å². The molecule has 7 heteroatoms. The SMILES string of the molecule is O=C([O-])c1nc2ncc(Br)cn2n1. The maximum Gasteiger partial charge on any atom is 0.252 e. The van der Waals surface area contributed by atoms with Crippen molar-refractivity contribution in [3.8, 4) is 0 Å². The van der Waals surface area contributed by atoms with E-state index in [0.29, 0.717) is 4.47 Å². The van der Waals surface area contributed by atoms with Crippen LogP contribution in [0.5, 0.6) is 0 Å². The third kappa shape index (κ3) is 1.37. The summed E-state index contributed by atoms with van der Waals surface area (Å²) in [5, 5.41) is 14.0. The molecule has 2 aromatic heterocycles. The molecular formula is C6H2BrN4O2-. The molecule has 0 radical (unpaired) electrons. The van der Waals surface area contributed by atoms with Crippen LogP contribution in [0.1, 0.15) is 10.6 Å². The summed E-state index contributed by atoms with van der Waals surface area (Å²) in [6.45, 7) is 0. The Morgan fingerprint density at radius 1 is 1.62 bits per heavy atom. The summed E-state index contributed by atoms with van der Waals surface area (Å²) in [5.41, 5.74) is 0. The van der Waals surface area contributed by atoms with E-state index >= 15 is 0 Å². The predicted octanol–water partition coefficient (Wildman–Crippen LogP) is -0.750. The number of fused-ring (bicyclic) bond motifs is 1. The highest BCUT2D eigenvalue weighted by Crippen LogP contribution is 2.07. The molecular weight excluding hydrogens is 240 g/mol. The van der Waals surface area contributed by atoms with Crippen LogP contribution >= 0.6 is 15.9 Å². The molecule has 0 aliphatic carbocycles. The van der Waals surface area contributed by atoms with Crippen LogP contribution in [-0.2, 0) is 0 Å².